The Balaban J connectivity index is 2.01. The molecule has 0 saturated carbocycles. The molecule has 0 aliphatic heterocycles. The zero-order valence-electron chi connectivity index (χ0n) is 10.1. The van der Waals surface area contributed by atoms with Gasteiger partial charge in [0.25, 0.3) is 5.91 Å². The van der Waals surface area contributed by atoms with Crippen LogP contribution in [0.4, 0.5) is 0 Å². The van der Waals surface area contributed by atoms with Crippen LogP contribution in [-0.2, 0) is 13.0 Å². The molecule has 0 unspecified atom stereocenters. The predicted octanol–water partition coefficient (Wildman–Crippen LogP) is 3.85. The van der Waals surface area contributed by atoms with Gasteiger partial charge in [-0.15, -0.1) is 11.3 Å². The van der Waals surface area contributed by atoms with Gasteiger partial charge in [0.05, 0.1) is 8.45 Å². The fourth-order valence-corrected chi connectivity index (χ4v) is 3.11. The lowest BCUT2D eigenvalue weighted by Crippen LogP contribution is -2.22. The van der Waals surface area contributed by atoms with E-state index < -0.39 is 0 Å². The maximum absolute atomic E-state index is 11.9. The van der Waals surface area contributed by atoms with Crippen molar-refractivity contribution in [3.8, 4) is 0 Å². The number of carbonyl (C=O) groups excluding carboxylic acids is 1. The predicted molar refractivity (Wildman–Crippen MR) is 84.0 cm³/mol. The minimum absolute atomic E-state index is 0.0000668. The van der Waals surface area contributed by atoms with E-state index >= 15 is 0 Å². The van der Waals surface area contributed by atoms with Crippen molar-refractivity contribution in [1.82, 2.24) is 5.32 Å². The Morgan fingerprint density at radius 3 is 2.67 bits per heavy atom. The van der Waals surface area contributed by atoms with Crippen molar-refractivity contribution in [1.29, 1.82) is 0 Å². The van der Waals surface area contributed by atoms with E-state index in [0.717, 1.165) is 14.9 Å². The van der Waals surface area contributed by atoms with Gasteiger partial charge in [-0.1, -0.05) is 31.2 Å². The number of benzene rings is 1. The number of hydrogen-bond donors (Lipinski definition) is 1. The van der Waals surface area contributed by atoms with Crippen LogP contribution in [0, 0.1) is 2.88 Å². The van der Waals surface area contributed by atoms with Crippen LogP contribution in [-0.4, -0.2) is 5.91 Å². The lowest BCUT2D eigenvalue weighted by atomic mass is 10.1. The molecule has 0 fully saturated rings. The summed E-state index contributed by atoms with van der Waals surface area (Å²) < 4.78 is 1.13. The third-order valence-corrected chi connectivity index (χ3v) is 4.56. The van der Waals surface area contributed by atoms with Crippen LogP contribution in [0.5, 0.6) is 0 Å². The Morgan fingerprint density at radius 2 is 2.06 bits per heavy atom. The molecule has 1 N–H and O–H groups in total. The quantitative estimate of drug-likeness (QED) is 0.813. The second kappa shape index (κ2) is 6.33. The summed E-state index contributed by atoms with van der Waals surface area (Å²) >= 11 is 3.81. The second-order valence-electron chi connectivity index (χ2n) is 3.94. The number of nitrogens with one attached hydrogen (secondary N) is 1. The highest BCUT2D eigenvalue weighted by atomic mass is 127. The summed E-state index contributed by atoms with van der Waals surface area (Å²) in [4.78, 5) is 11.9. The van der Waals surface area contributed by atoms with Crippen LogP contribution in [0.2, 0.25) is 0 Å². The van der Waals surface area contributed by atoms with Gasteiger partial charge in [0.1, 0.15) is 0 Å². The number of hydrogen-bond acceptors (Lipinski definition) is 2. The van der Waals surface area contributed by atoms with Gasteiger partial charge >= 0.3 is 0 Å². The molecular formula is C14H14INOS. The molecule has 0 aliphatic carbocycles. The van der Waals surface area contributed by atoms with E-state index in [1.165, 1.54) is 11.1 Å². The molecule has 4 heteroatoms. The normalized spacial score (nSPS) is 10.3. The summed E-state index contributed by atoms with van der Waals surface area (Å²) in [5.74, 6) is 0.0000668. The molecule has 0 aliphatic rings. The van der Waals surface area contributed by atoms with E-state index in [-0.39, 0.29) is 5.91 Å². The number of halogens is 1. The van der Waals surface area contributed by atoms with Crippen molar-refractivity contribution >= 4 is 39.8 Å². The Labute approximate surface area is 125 Å². The van der Waals surface area contributed by atoms with Crippen molar-refractivity contribution in [2.75, 3.05) is 0 Å². The fraction of sp³-hybridized carbons (Fsp3) is 0.214. The minimum Gasteiger partial charge on any atom is -0.348 e. The van der Waals surface area contributed by atoms with E-state index in [9.17, 15) is 4.79 Å². The van der Waals surface area contributed by atoms with Gasteiger partial charge in [-0.05, 0) is 46.2 Å². The molecule has 1 heterocycles. The fourth-order valence-electron chi connectivity index (χ4n) is 1.78. The number of rotatable bonds is 4. The zero-order valence-corrected chi connectivity index (χ0v) is 13.0. The molecule has 1 aromatic heterocycles. The van der Waals surface area contributed by atoms with Gasteiger partial charge in [-0.2, -0.15) is 0 Å². The highest BCUT2D eigenvalue weighted by Gasteiger charge is 2.08. The average molecular weight is 371 g/mol. The molecule has 0 atom stereocenters. The highest BCUT2D eigenvalue weighted by molar-refractivity contribution is 14.1. The lowest BCUT2D eigenvalue weighted by Gasteiger charge is -2.08. The number of amides is 1. The third kappa shape index (κ3) is 3.32. The average Bonchev–Trinajstić information content (AvgIpc) is 2.83. The number of thiophene rings is 1. The van der Waals surface area contributed by atoms with Gasteiger partial charge in [0, 0.05) is 11.9 Å². The molecule has 2 rings (SSSR count). The molecule has 0 saturated heterocycles. The van der Waals surface area contributed by atoms with Crippen LogP contribution in [0.15, 0.2) is 35.7 Å². The molecule has 94 valence electrons. The van der Waals surface area contributed by atoms with Crippen molar-refractivity contribution < 1.29 is 4.79 Å². The topological polar surface area (TPSA) is 29.1 Å². The lowest BCUT2D eigenvalue weighted by molar-refractivity contribution is 0.0951. The second-order valence-corrected chi connectivity index (χ2v) is 6.75. The molecule has 1 aromatic carbocycles. The monoisotopic (exact) mass is 371 g/mol. The van der Waals surface area contributed by atoms with Crippen molar-refractivity contribution in [2.45, 2.75) is 19.9 Å². The van der Waals surface area contributed by atoms with Crippen molar-refractivity contribution in [3.63, 3.8) is 0 Å². The van der Waals surface area contributed by atoms with Gasteiger partial charge < -0.3 is 5.32 Å². The first-order valence-corrected chi connectivity index (χ1v) is 7.75. The van der Waals surface area contributed by atoms with E-state index in [1.54, 1.807) is 11.3 Å². The molecule has 0 bridgehead atoms. The summed E-state index contributed by atoms with van der Waals surface area (Å²) in [5, 5.41) is 4.86. The molecule has 18 heavy (non-hydrogen) atoms. The van der Waals surface area contributed by atoms with E-state index in [4.69, 9.17) is 0 Å². The maximum atomic E-state index is 11.9. The van der Waals surface area contributed by atoms with Crippen LogP contribution in [0.1, 0.15) is 28.4 Å². The number of aryl methyl sites for hydroxylation is 1. The SMILES string of the molecule is CCc1ccccc1CNC(=O)c1csc(I)c1. The van der Waals surface area contributed by atoms with Crippen LogP contribution >= 0.6 is 33.9 Å². The van der Waals surface area contributed by atoms with E-state index in [1.807, 2.05) is 23.6 Å². The Kier molecular flexibility index (Phi) is 4.77. The van der Waals surface area contributed by atoms with E-state index in [2.05, 4.69) is 47.0 Å². The molecule has 2 aromatic rings. The smallest absolute Gasteiger partial charge is 0.252 e. The largest absolute Gasteiger partial charge is 0.348 e. The third-order valence-electron chi connectivity index (χ3n) is 2.77. The first-order valence-electron chi connectivity index (χ1n) is 5.79. The van der Waals surface area contributed by atoms with Gasteiger partial charge in [-0.3, -0.25) is 4.79 Å². The van der Waals surface area contributed by atoms with Crippen LogP contribution in [0.25, 0.3) is 0 Å². The van der Waals surface area contributed by atoms with Crippen LogP contribution in [0.3, 0.4) is 0 Å². The van der Waals surface area contributed by atoms with Crippen LogP contribution < -0.4 is 5.32 Å². The molecule has 1 amide bonds. The molecule has 2 nitrogen and oxygen atoms in total. The standard InChI is InChI=1S/C14H14INOS/c1-2-10-5-3-4-6-11(10)8-16-14(17)12-7-13(15)18-9-12/h3-7,9H,2,8H2,1H3,(H,16,17). The Morgan fingerprint density at radius 1 is 1.33 bits per heavy atom. The van der Waals surface area contributed by atoms with Crippen molar-refractivity contribution in [2.24, 2.45) is 0 Å². The van der Waals surface area contributed by atoms with Crippen molar-refractivity contribution in [3.05, 3.63) is 55.3 Å². The van der Waals surface area contributed by atoms with E-state index in [0.29, 0.717) is 6.54 Å². The van der Waals surface area contributed by atoms with Gasteiger partial charge in [-0.25, -0.2) is 0 Å². The Bertz CT molecular complexity index is 550. The first-order chi connectivity index (χ1) is 8.70. The number of carbonyl (C=O) groups is 1. The van der Waals surface area contributed by atoms with Gasteiger partial charge in [0.15, 0.2) is 0 Å². The maximum Gasteiger partial charge on any atom is 0.252 e. The van der Waals surface area contributed by atoms with Gasteiger partial charge in [0.2, 0.25) is 0 Å². The highest BCUT2D eigenvalue weighted by Crippen LogP contribution is 2.16. The zero-order chi connectivity index (χ0) is 13.0. The summed E-state index contributed by atoms with van der Waals surface area (Å²) in [6.45, 7) is 2.72. The Hall–Kier alpha value is -0.880. The molecule has 0 spiro atoms. The summed E-state index contributed by atoms with van der Waals surface area (Å²) in [5.41, 5.74) is 3.23. The molecular weight excluding hydrogens is 357 g/mol. The summed E-state index contributed by atoms with van der Waals surface area (Å²) in [6, 6.07) is 10.1. The first kappa shape index (κ1) is 13.5. The molecule has 0 radical (unpaired) electrons. The minimum atomic E-state index is 0.0000668. The summed E-state index contributed by atoms with van der Waals surface area (Å²) in [7, 11) is 0. The summed E-state index contributed by atoms with van der Waals surface area (Å²) in [6.07, 6.45) is 0.988.